The number of nitrogens with zero attached hydrogens (tertiary/aromatic N) is 1. The van der Waals surface area contributed by atoms with Gasteiger partial charge in [0.2, 0.25) is 0 Å². The van der Waals surface area contributed by atoms with Crippen LogP contribution in [0.1, 0.15) is 5.01 Å². The zero-order valence-electron chi connectivity index (χ0n) is 13.9. The summed E-state index contributed by atoms with van der Waals surface area (Å²) >= 11 is 8.83. The van der Waals surface area contributed by atoms with E-state index in [-0.39, 0.29) is 0 Å². The van der Waals surface area contributed by atoms with Crippen LogP contribution in [-0.4, -0.2) is 22.4 Å². The Morgan fingerprint density at radius 1 is 1.12 bits per heavy atom. The van der Waals surface area contributed by atoms with Crippen molar-refractivity contribution in [3.63, 3.8) is 0 Å². The average Bonchev–Trinajstić information content (AvgIpc) is 3.07. The molecule has 0 saturated carbocycles. The van der Waals surface area contributed by atoms with Crippen molar-refractivity contribution in [1.29, 1.82) is 0 Å². The molecule has 0 aliphatic carbocycles. The predicted molar refractivity (Wildman–Crippen MR) is 114 cm³/mol. The number of aromatic nitrogens is 1. The summed E-state index contributed by atoms with van der Waals surface area (Å²) in [4.78, 5) is 5.78. The maximum atomic E-state index is 5.35. The summed E-state index contributed by atoms with van der Waals surface area (Å²) in [5.41, 5.74) is 3.12. The van der Waals surface area contributed by atoms with Crippen molar-refractivity contribution < 1.29 is 0 Å². The number of anilines is 1. The van der Waals surface area contributed by atoms with Gasteiger partial charge in [0.25, 0.3) is 0 Å². The second kappa shape index (κ2) is 8.99. The predicted octanol–water partition coefficient (Wildman–Crippen LogP) is 5.20. The summed E-state index contributed by atoms with van der Waals surface area (Å²) in [7, 11) is 0. The smallest absolute Gasteiger partial charge is 0.170 e. The summed E-state index contributed by atoms with van der Waals surface area (Å²) in [6.45, 7) is 2.84. The lowest BCUT2D eigenvalue weighted by Gasteiger charge is -2.10. The number of rotatable bonds is 6. The molecule has 0 atom stereocenters. The quantitative estimate of drug-likeness (QED) is 0.347. The summed E-state index contributed by atoms with van der Waals surface area (Å²) in [5.74, 6) is 0.966. The molecule has 3 rings (SSSR count). The molecular weight excluding hydrogens is 366 g/mol. The highest BCUT2D eigenvalue weighted by Crippen LogP contribution is 2.23. The Kier molecular flexibility index (Phi) is 6.44. The average molecular weight is 386 g/mol. The summed E-state index contributed by atoms with van der Waals surface area (Å²) in [6, 6.07) is 18.5. The fraction of sp³-hybridized carbons (Fsp3) is 0.158. The van der Waals surface area contributed by atoms with Gasteiger partial charge in [-0.05, 0) is 43.4 Å². The number of hydrogen-bond donors (Lipinski definition) is 2. The normalized spacial score (nSPS) is 10.4. The monoisotopic (exact) mass is 385 g/mol. The van der Waals surface area contributed by atoms with E-state index in [4.69, 9.17) is 12.2 Å². The second-order valence-electron chi connectivity index (χ2n) is 5.37. The number of hydrogen-bond acceptors (Lipinski definition) is 4. The van der Waals surface area contributed by atoms with Crippen LogP contribution in [-0.2, 0) is 0 Å². The van der Waals surface area contributed by atoms with E-state index < -0.39 is 0 Å². The number of aryl methyl sites for hydroxylation is 1. The Labute approximate surface area is 161 Å². The summed E-state index contributed by atoms with van der Waals surface area (Å²) in [5, 5.41) is 10.3. The van der Waals surface area contributed by atoms with E-state index in [1.807, 2.05) is 36.9 Å². The van der Waals surface area contributed by atoms with Gasteiger partial charge in [-0.15, -0.1) is 23.1 Å². The Hall–Kier alpha value is -1.89. The van der Waals surface area contributed by atoms with Gasteiger partial charge in [-0.1, -0.05) is 30.3 Å². The molecule has 0 aliphatic rings. The van der Waals surface area contributed by atoms with Crippen molar-refractivity contribution >= 4 is 46.1 Å². The molecule has 0 saturated heterocycles. The lowest BCUT2D eigenvalue weighted by molar-refractivity contribution is 0.990. The Balaban J connectivity index is 1.43. The Bertz CT molecular complexity index is 813. The van der Waals surface area contributed by atoms with Gasteiger partial charge in [-0.25, -0.2) is 4.98 Å². The van der Waals surface area contributed by atoms with Crippen LogP contribution >= 0.6 is 35.3 Å². The molecule has 3 aromatic rings. The van der Waals surface area contributed by atoms with E-state index in [2.05, 4.69) is 57.4 Å². The molecule has 1 aromatic heterocycles. The van der Waals surface area contributed by atoms with Crippen LogP contribution in [0.2, 0.25) is 0 Å². The minimum absolute atomic E-state index is 0.644. The van der Waals surface area contributed by atoms with Crippen molar-refractivity contribution in [2.24, 2.45) is 0 Å². The van der Waals surface area contributed by atoms with E-state index in [9.17, 15) is 0 Å². The van der Waals surface area contributed by atoms with Crippen LogP contribution in [0, 0.1) is 6.92 Å². The largest absolute Gasteiger partial charge is 0.362 e. The third-order valence-corrected chi connectivity index (χ3v) is 5.49. The fourth-order valence-electron chi connectivity index (χ4n) is 2.25. The lowest BCUT2D eigenvalue weighted by Crippen LogP contribution is -2.30. The fourth-order valence-corrected chi connectivity index (χ4v) is 3.88. The maximum absolute atomic E-state index is 5.35. The SMILES string of the molecule is Cc1nc(-c2ccc(NC(=S)NCCSc3ccccc3)cc2)cs1. The molecule has 0 fully saturated rings. The molecule has 1 heterocycles. The number of nitrogens with one attached hydrogen (secondary N) is 2. The Morgan fingerprint density at radius 2 is 1.88 bits per heavy atom. The van der Waals surface area contributed by atoms with Crippen molar-refractivity contribution in [3.05, 3.63) is 65.0 Å². The lowest BCUT2D eigenvalue weighted by atomic mass is 10.1. The van der Waals surface area contributed by atoms with Gasteiger partial charge in [0.15, 0.2) is 5.11 Å². The van der Waals surface area contributed by atoms with E-state index in [0.717, 1.165) is 34.2 Å². The zero-order chi connectivity index (χ0) is 17.5. The van der Waals surface area contributed by atoms with E-state index in [0.29, 0.717) is 5.11 Å². The molecular formula is C19H19N3S3. The molecule has 0 amide bonds. The van der Waals surface area contributed by atoms with Crippen molar-refractivity contribution in [2.45, 2.75) is 11.8 Å². The first-order valence-corrected chi connectivity index (χ1v) is 10.2. The molecule has 0 bridgehead atoms. The minimum Gasteiger partial charge on any atom is -0.362 e. The van der Waals surface area contributed by atoms with Gasteiger partial charge in [0, 0.05) is 33.8 Å². The van der Waals surface area contributed by atoms with Crippen molar-refractivity contribution in [1.82, 2.24) is 10.3 Å². The number of thiocarbonyl (C=S) groups is 1. The molecule has 128 valence electrons. The van der Waals surface area contributed by atoms with Gasteiger partial charge in [-0.2, -0.15) is 0 Å². The Morgan fingerprint density at radius 3 is 2.56 bits per heavy atom. The van der Waals surface area contributed by atoms with Crippen molar-refractivity contribution in [3.8, 4) is 11.3 Å². The van der Waals surface area contributed by atoms with E-state index >= 15 is 0 Å². The first-order valence-electron chi connectivity index (χ1n) is 7.96. The summed E-state index contributed by atoms with van der Waals surface area (Å²) < 4.78 is 0. The summed E-state index contributed by atoms with van der Waals surface area (Å²) in [6.07, 6.45) is 0. The first kappa shape index (κ1) is 17.9. The number of thioether (sulfide) groups is 1. The topological polar surface area (TPSA) is 37.0 Å². The molecule has 2 N–H and O–H groups in total. The highest BCUT2D eigenvalue weighted by atomic mass is 32.2. The second-order valence-corrected chi connectivity index (χ2v) is 8.01. The van der Waals surface area contributed by atoms with Crippen LogP contribution in [0.5, 0.6) is 0 Å². The highest BCUT2D eigenvalue weighted by Gasteiger charge is 2.03. The number of benzene rings is 2. The van der Waals surface area contributed by atoms with Gasteiger partial charge in [0.1, 0.15) is 0 Å². The van der Waals surface area contributed by atoms with Crippen LogP contribution in [0.3, 0.4) is 0 Å². The molecule has 3 nitrogen and oxygen atoms in total. The van der Waals surface area contributed by atoms with Gasteiger partial charge >= 0.3 is 0 Å². The number of thiazole rings is 1. The van der Waals surface area contributed by atoms with Crippen LogP contribution < -0.4 is 10.6 Å². The molecule has 0 radical (unpaired) electrons. The van der Waals surface area contributed by atoms with E-state index in [1.54, 1.807) is 11.3 Å². The van der Waals surface area contributed by atoms with Gasteiger partial charge < -0.3 is 10.6 Å². The molecule has 2 aromatic carbocycles. The standard InChI is InChI=1S/C19H19N3S3/c1-14-21-18(13-25-14)15-7-9-16(10-8-15)22-19(23)20-11-12-24-17-5-3-2-4-6-17/h2-10,13H,11-12H2,1H3,(H2,20,22,23). The molecule has 0 unspecified atom stereocenters. The molecule has 0 spiro atoms. The third kappa shape index (κ3) is 5.56. The van der Waals surface area contributed by atoms with Crippen molar-refractivity contribution in [2.75, 3.05) is 17.6 Å². The molecule has 0 aliphatic heterocycles. The van der Waals surface area contributed by atoms with Gasteiger partial charge in [-0.3, -0.25) is 0 Å². The van der Waals surface area contributed by atoms with Crippen LogP contribution in [0.15, 0.2) is 64.9 Å². The molecule has 25 heavy (non-hydrogen) atoms. The van der Waals surface area contributed by atoms with Gasteiger partial charge in [0.05, 0.1) is 10.7 Å². The zero-order valence-corrected chi connectivity index (χ0v) is 16.3. The minimum atomic E-state index is 0.644. The van der Waals surface area contributed by atoms with Crippen LogP contribution in [0.25, 0.3) is 11.3 Å². The highest BCUT2D eigenvalue weighted by molar-refractivity contribution is 7.99. The third-order valence-electron chi connectivity index (χ3n) is 3.46. The maximum Gasteiger partial charge on any atom is 0.170 e. The van der Waals surface area contributed by atoms with Crippen LogP contribution in [0.4, 0.5) is 5.69 Å². The first-order chi connectivity index (χ1) is 12.2. The molecule has 6 heteroatoms. The van der Waals surface area contributed by atoms with E-state index in [1.165, 1.54) is 4.90 Å².